The summed E-state index contributed by atoms with van der Waals surface area (Å²) < 4.78 is 0. The zero-order chi connectivity index (χ0) is 12.4. The van der Waals surface area contributed by atoms with Crippen molar-refractivity contribution >= 4 is 5.69 Å². The van der Waals surface area contributed by atoms with E-state index in [0.29, 0.717) is 11.7 Å². The van der Waals surface area contributed by atoms with Crippen LogP contribution < -0.4 is 5.32 Å². The predicted octanol–water partition coefficient (Wildman–Crippen LogP) is 1.99. The molecule has 0 spiro atoms. The highest BCUT2D eigenvalue weighted by molar-refractivity contribution is 5.53. The summed E-state index contributed by atoms with van der Waals surface area (Å²) in [5, 5.41) is 12.5. The van der Waals surface area contributed by atoms with E-state index in [1.807, 2.05) is 12.1 Å². The molecule has 0 aliphatic carbocycles. The van der Waals surface area contributed by atoms with Crippen molar-refractivity contribution in [1.82, 2.24) is 9.88 Å². The molecule has 2 saturated heterocycles. The smallest absolute Gasteiger partial charge is 0.163 e. The lowest BCUT2D eigenvalue weighted by Crippen LogP contribution is -2.42. The highest BCUT2D eigenvalue weighted by Gasteiger charge is 2.31. The Hall–Kier alpha value is -1.60. The predicted molar refractivity (Wildman–Crippen MR) is 70.2 cm³/mol. The van der Waals surface area contributed by atoms with Crippen LogP contribution in [0.15, 0.2) is 18.3 Å². The van der Waals surface area contributed by atoms with Gasteiger partial charge in [0.05, 0.1) is 5.69 Å². The maximum Gasteiger partial charge on any atom is 0.163 e. The Morgan fingerprint density at radius 3 is 3.22 bits per heavy atom. The second kappa shape index (κ2) is 4.95. The first-order valence-electron chi connectivity index (χ1n) is 6.72. The molecule has 1 aromatic heterocycles. The van der Waals surface area contributed by atoms with E-state index < -0.39 is 0 Å². The topological polar surface area (TPSA) is 52.0 Å². The third kappa shape index (κ3) is 2.19. The Morgan fingerprint density at radius 2 is 2.33 bits per heavy atom. The molecule has 4 nitrogen and oxygen atoms in total. The van der Waals surface area contributed by atoms with Crippen molar-refractivity contribution < 1.29 is 0 Å². The van der Waals surface area contributed by atoms with Crippen molar-refractivity contribution in [2.75, 3.05) is 18.4 Å². The number of nitrogens with zero attached hydrogens (tertiary/aromatic N) is 3. The van der Waals surface area contributed by atoms with Crippen molar-refractivity contribution in [1.29, 1.82) is 5.26 Å². The Balaban J connectivity index is 1.68. The van der Waals surface area contributed by atoms with Gasteiger partial charge in [-0.3, -0.25) is 0 Å². The minimum Gasteiger partial charge on any atom is -0.380 e. The molecule has 2 aliphatic heterocycles. The Labute approximate surface area is 108 Å². The van der Waals surface area contributed by atoms with Crippen LogP contribution in [0.25, 0.3) is 0 Å². The maximum absolute atomic E-state index is 9.04. The number of rotatable bonds is 2. The lowest BCUT2D eigenvalue weighted by atomic mass is 9.97. The van der Waals surface area contributed by atoms with Crippen LogP contribution in [0.2, 0.25) is 0 Å². The van der Waals surface area contributed by atoms with Gasteiger partial charge in [-0.1, -0.05) is 0 Å². The third-order valence-corrected chi connectivity index (χ3v) is 4.09. The average Bonchev–Trinajstić information content (AvgIpc) is 2.87. The van der Waals surface area contributed by atoms with Crippen LogP contribution in [-0.2, 0) is 0 Å². The van der Waals surface area contributed by atoms with E-state index >= 15 is 0 Å². The first kappa shape index (κ1) is 11.5. The fourth-order valence-electron chi connectivity index (χ4n) is 3.19. The van der Waals surface area contributed by atoms with Gasteiger partial charge in [-0.05, 0) is 44.4 Å². The number of hydrogen-bond donors (Lipinski definition) is 1. The normalized spacial score (nSPS) is 27.5. The van der Waals surface area contributed by atoms with E-state index in [2.05, 4.69) is 21.3 Å². The molecule has 4 heteroatoms. The minimum absolute atomic E-state index is 0.487. The van der Waals surface area contributed by atoms with E-state index in [1.165, 1.54) is 32.4 Å². The quantitative estimate of drug-likeness (QED) is 0.861. The third-order valence-electron chi connectivity index (χ3n) is 4.09. The second-order valence-electron chi connectivity index (χ2n) is 5.21. The standard InChI is InChI=1S/C14H18N4/c15-10-14-13(4-1-6-16-14)17-11-5-8-18-7-2-3-12(18)9-11/h1,4,6,11-12,17H,2-3,5,7-9H2. The van der Waals surface area contributed by atoms with Crippen LogP contribution in [0.5, 0.6) is 0 Å². The van der Waals surface area contributed by atoms with Crippen molar-refractivity contribution in [3.63, 3.8) is 0 Å². The van der Waals surface area contributed by atoms with Gasteiger partial charge in [0, 0.05) is 24.8 Å². The minimum atomic E-state index is 0.487. The number of fused-ring (bicyclic) bond motifs is 1. The summed E-state index contributed by atoms with van der Waals surface area (Å²) in [5.74, 6) is 0. The largest absolute Gasteiger partial charge is 0.380 e. The lowest BCUT2D eigenvalue weighted by Gasteiger charge is -2.35. The molecule has 0 bridgehead atoms. The number of pyridine rings is 1. The highest BCUT2D eigenvalue weighted by Crippen LogP contribution is 2.28. The van der Waals surface area contributed by atoms with Gasteiger partial charge in [0.2, 0.25) is 0 Å². The van der Waals surface area contributed by atoms with Gasteiger partial charge in [-0.15, -0.1) is 0 Å². The van der Waals surface area contributed by atoms with Gasteiger partial charge in [-0.2, -0.15) is 5.26 Å². The van der Waals surface area contributed by atoms with Gasteiger partial charge in [0.25, 0.3) is 0 Å². The summed E-state index contributed by atoms with van der Waals surface area (Å²) in [5.41, 5.74) is 1.39. The molecule has 94 valence electrons. The first-order chi connectivity index (χ1) is 8.86. The fraction of sp³-hybridized carbons (Fsp3) is 0.571. The number of hydrogen-bond acceptors (Lipinski definition) is 4. The molecular weight excluding hydrogens is 224 g/mol. The van der Waals surface area contributed by atoms with Crippen molar-refractivity contribution in [3.8, 4) is 6.07 Å². The Bertz CT molecular complexity index is 465. The van der Waals surface area contributed by atoms with Crippen LogP contribution in [0.1, 0.15) is 31.4 Å². The van der Waals surface area contributed by atoms with Crippen LogP contribution in [-0.4, -0.2) is 35.1 Å². The number of anilines is 1. The molecule has 2 unspecified atom stereocenters. The molecule has 0 aromatic carbocycles. The molecule has 1 N–H and O–H groups in total. The molecule has 2 aliphatic rings. The van der Waals surface area contributed by atoms with Gasteiger partial charge in [-0.25, -0.2) is 4.98 Å². The molecule has 0 amide bonds. The Morgan fingerprint density at radius 1 is 1.39 bits per heavy atom. The molecule has 3 rings (SSSR count). The zero-order valence-electron chi connectivity index (χ0n) is 10.5. The second-order valence-corrected chi connectivity index (χ2v) is 5.21. The van der Waals surface area contributed by atoms with E-state index in [0.717, 1.165) is 18.2 Å². The zero-order valence-corrected chi connectivity index (χ0v) is 10.5. The molecule has 2 fully saturated rings. The molecule has 18 heavy (non-hydrogen) atoms. The maximum atomic E-state index is 9.04. The fourth-order valence-corrected chi connectivity index (χ4v) is 3.19. The van der Waals surface area contributed by atoms with E-state index in [4.69, 9.17) is 5.26 Å². The molecule has 0 saturated carbocycles. The van der Waals surface area contributed by atoms with Gasteiger partial charge < -0.3 is 10.2 Å². The number of piperidine rings is 1. The van der Waals surface area contributed by atoms with Crippen LogP contribution in [0, 0.1) is 11.3 Å². The van der Waals surface area contributed by atoms with Crippen LogP contribution >= 0.6 is 0 Å². The first-order valence-corrected chi connectivity index (χ1v) is 6.72. The molecule has 1 aromatic rings. The van der Waals surface area contributed by atoms with Gasteiger partial charge in [0.15, 0.2) is 5.69 Å². The summed E-state index contributed by atoms with van der Waals surface area (Å²) in [6.07, 6.45) is 6.70. The van der Waals surface area contributed by atoms with Crippen molar-refractivity contribution in [2.24, 2.45) is 0 Å². The average molecular weight is 242 g/mol. The van der Waals surface area contributed by atoms with Crippen LogP contribution in [0.3, 0.4) is 0 Å². The molecule has 0 radical (unpaired) electrons. The summed E-state index contributed by atoms with van der Waals surface area (Å²) >= 11 is 0. The highest BCUT2D eigenvalue weighted by atomic mass is 15.2. The monoisotopic (exact) mass is 242 g/mol. The van der Waals surface area contributed by atoms with Gasteiger partial charge >= 0.3 is 0 Å². The molecular formula is C14H18N4. The number of nitrogens with one attached hydrogen (secondary N) is 1. The van der Waals surface area contributed by atoms with Crippen molar-refractivity contribution in [3.05, 3.63) is 24.0 Å². The summed E-state index contributed by atoms with van der Waals surface area (Å²) in [4.78, 5) is 6.70. The summed E-state index contributed by atoms with van der Waals surface area (Å²) in [7, 11) is 0. The van der Waals surface area contributed by atoms with E-state index in [9.17, 15) is 0 Å². The lowest BCUT2D eigenvalue weighted by molar-refractivity contribution is 0.188. The molecule has 2 atom stereocenters. The van der Waals surface area contributed by atoms with Crippen LogP contribution in [0.4, 0.5) is 5.69 Å². The van der Waals surface area contributed by atoms with E-state index in [1.54, 1.807) is 6.20 Å². The molecule has 3 heterocycles. The van der Waals surface area contributed by atoms with Gasteiger partial charge in [0.1, 0.15) is 6.07 Å². The summed E-state index contributed by atoms with van der Waals surface area (Å²) in [6.45, 7) is 2.46. The van der Waals surface area contributed by atoms with Crippen molar-refractivity contribution in [2.45, 2.75) is 37.8 Å². The number of aromatic nitrogens is 1. The Kier molecular flexibility index (Phi) is 3.16. The van der Waals surface area contributed by atoms with E-state index in [-0.39, 0.29) is 0 Å². The summed E-state index contributed by atoms with van der Waals surface area (Å²) in [6, 6.07) is 7.22. The number of nitriles is 1. The SMILES string of the molecule is N#Cc1ncccc1NC1CCN2CCCC2C1.